The third-order valence-corrected chi connectivity index (χ3v) is 3.31. The third kappa shape index (κ3) is 3.45. The van der Waals surface area contributed by atoms with E-state index in [4.69, 9.17) is 11.1 Å². The lowest BCUT2D eigenvalue weighted by molar-refractivity contribution is 0.465. The predicted octanol–water partition coefficient (Wildman–Crippen LogP) is 3.00. The van der Waals surface area contributed by atoms with Crippen LogP contribution in [0.2, 0.25) is 0 Å². The van der Waals surface area contributed by atoms with E-state index in [2.05, 4.69) is 0 Å². The molecule has 0 aliphatic rings. The quantitative estimate of drug-likeness (QED) is 0.603. The second kappa shape index (κ2) is 5.85. The number of hydrogen-bond acceptors (Lipinski definition) is 2. The van der Waals surface area contributed by atoms with Crippen molar-refractivity contribution in [1.82, 2.24) is 0 Å². The Hall–Kier alpha value is -1.58. The van der Waals surface area contributed by atoms with Crippen molar-refractivity contribution in [2.24, 2.45) is 11.1 Å². The Balaban J connectivity index is 2.75. The molecule has 0 saturated carbocycles. The van der Waals surface area contributed by atoms with Gasteiger partial charge in [-0.3, -0.25) is 5.41 Å². The van der Waals surface area contributed by atoms with Crippen LogP contribution in [-0.4, -0.2) is 18.9 Å². The summed E-state index contributed by atoms with van der Waals surface area (Å²) in [6.07, 6.45) is 0.727. The molecule has 1 rings (SSSR count). The van der Waals surface area contributed by atoms with Crippen LogP contribution < -0.4 is 10.6 Å². The number of anilines is 1. The van der Waals surface area contributed by atoms with Crippen molar-refractivity contribution in [2.75, 3.05) is 18.0 Å². The maximum absolute atomic E-state index is 13.7. The fourth-order valence-corrected chi connectivity index (χ4v) is 1.71. The number of nitrogens with two attached hydrogens (primary N) is 1. The van der Waals surface area contributed by atoms with E-state index in [1.165, 1.54) is 6.07 Å². The van der Waals surface area contributed by atoms with Crippen LogP contribution in [0.1, 0.15) is 27.2 Å². The summed E-state index contributed by atoms with van der Waals surface area (Å²) < 4.78 is 13.7. The summed E-state index contributed by atoms with van der Waals surface area (Å²) in [6, 6.07) is 6.76. The molecule has 0 bridgehead atoms. The largest absolute Gasteiger partial charge is 0.387 e. The van der Waals surface area contributed by atoms with Gasteiger partial charge in [0.2, 0.25) is 0 Å². The molecule has 0 amide bonds. The summed E-state index contributed by atoms with van der Waals surface area (Å²) in [4.78, 5) is 1.97. The maximum Gasteiger partial charge on any atom is 0.146 e. The molecule has 0 aliphatic heterocycles. The molecule has 0 spiro atoms. The monoisotopic (exact) mass is 251 g/mol. The number of amidine groups is 1. The van der Waals surface area contributed by atoms with Crippen LogP contribution in [0, 0.1) is 16.6 Å². The van der Waals surface area contributed by atoms with Crippen molar-refractivity contribution >= 4 is 11.5 Å². The molecule has 1 aromatic rings. The Morgan fingerprint density at radius 1 is 1.39 bits per heavy atom. The number of benzene rings is 1. The Morgan fingerprint density at radius 3 is 2.50 bits per heavy atom. The van der Waals surface area contributed by atoms with Gasteiger partial charge in [-0.05, 0) is 25.5 Å². The number of nitrogens with one attached hydrogen (secondary N) is 1. The molecule has 0 fully saturated rings. The van der Waals surface area contributed by atoms with Crippen LogP contribution in [0.5, 0.6) is 0 Å². The van der Waals surface area contributed by atoms with E-state index < -0.39 is 0 Å². The van der Waals surface area contributed by atoms with Gasteiger partial charge in [0, 0.05) is 18.5 Å². The number of para-hydroxylation sites is 1. The Bertz CT molecular complexity index is 415. The highest BCUT2D eigenvalue weighted by Gasteiger charge is 2.22. The van der Waals surface area contributed by atoms with Crippen LogP contribution in [0.25, 0.3) is 0 Å². The molecule has 4 heteroatoms. The summed E-state index contributed by atoms with van der Waals surface area (Å²) in [5.74, 6) is -0.0351. The van der Waals surface area contributed by atoms with Gasteiger partial charge in [0.15, 0.2) is 0 Å². The first-order chi connectivity index (χ1) is 8.38. The van der Waals surface area contributed by atoms with E-state index in [0.717, 1.165) is 13.0 Å². The molecule has 18 heavy (non-hydrogen) atoms. The summed E-state index contributed by atoms with van der Waals surface area (Å²) in [5.41, 5.74) is 5.82. The van der Waals surface area contributed by atoms with Crippen molar-refractivity contribution in [3.05, 3.63) is 30.1 Å². The number of rotatable bonds is 6. The van der Waals surface area contributed by atoms with Crippen LogP contribution in [0.15, 0.2) is 24.3 Å². The minimum Gasteiger partial charge on any atom is -0.387 e. The fraction of sp³-hybridized carbons (Fsp3) is 0.500. The van der Waals surface area contributed by atoms with E-state index in [-0.39, 0.29) is 17.1 Å². The average Bonchev–Trinajstić information content (AvgIpc) is 2.31. The standard InChI is InChI=1S/C14H22FN3/c1-4-18(10-9-14(2,3)13(16)17)12-8-6-5-7-11(12)15/h5-8H,4,9-10H2,1-3H3,(H3,16,17). The summed E-state index contributed by atoms with van der Waals surface area (Å²) in [6.45, 7) is 7.28. The van der Waals surface area contributed by atoms with E-state index in [1.807, 2.05) is 31.7 Å². The summed E-state index contributed by atoms with van der Waals surface area (Å²) in [5, 5.41) is 7.53. The van der Waals surface area contributed by atoms with Crippen molar-refractivity contribution in [3.63, 3.8) is 0 Å². The van der Waals surface area contributed by atoms with Crippen molar-refractivity contribution in [3.8, 4) is 0 Å². The van der Waals surface area contributed by atoms with Crippen LogP contribution in [0.4, 0.5) is 10.1 Å². The molecule has 0 atom stereocenters. The molecule has 0 radical (unpaired) electrons. The smallest absolute Gasteiger partial charge is 0.146 e. The van der Waals surface area contributed by atoms with Crippen molar-refractivity contribution in [2.45, 2.75) is 27.2 Å². The zero-order valence-corrected chi connectivity index (χ0v) is 11.3. The molecule has 0 aliphatic carbocycles. The molecule has 0 heterocycles. The van der Waals surface area contributed by atoms with Crippen LogP contribution >= 0.6 is 0 Å². The zero-order chi connectivity index (χ0) is 13.8. The topological polar surface area (TPSA) is 53.1 Å². The maximum atomic E-state index is 13.7. The van der Waals surface area contributed by atoms with Gasteiger partial charge in [-0.2, -0.15) is 0 Å². The summed E-state index contributed by atoms with van der Waals surface area (Å²) >= 11 is 0. The highest BCUT2D eigenvalue weighted by molar-refractivity contribution is 5.82. The van der Waals surface area contributed by atoms with Gasteiger partial charge in [-0.15, -0.1) is 0 Å². The molecule has 100 valence electrons. The molecular weight excluding hydrogens is 229 g/mol. The van der Waals surface area contributed by atoms with Crippen LogP contribution in [-0.2, 0) is 0 Å². The second-order valence-corrected chi connectivity index (χ2v) is 5.08. The highest BCUT2D eigenvalue weighted by atomic mass is 19.1. The second-order valence-electron chi connectivity index (χ2n) is 5.08. The van der Waals surface area contributed by atoms with E-state index in [0.29, 0.717) is 12.2 Å². The first-order valence-corrected chi connectivity index (χ1v) is 6.22. The Morgan fingerprint density at radius 2 is 2.00 bits per heavy atom. The van der Waals surface area contributed by atoms with Crippen molar-refractivity contribution < 1.29 is 4.39 Å². The van der Waals surface area contributed by atoms with Gasteiger partial charge in [-0.1, -0.05) is 26.0 Å². The Labute approximate surface area is 108 Å². The molecule has 0 aromatic heterocycles. The normalized spacial score (nSPS) is 11.3. The first kappa shape index (κ1) is 14.5. The van der Waals surface area contributed by atoms with Crippen molar-refractivity contribution in [1.29, 1.82) is 5.41 Å². The number of halogens is 1. The van der Waals surface area contributed by atoms with E-state index in [9.17, 15) is 4.39 Å². The molecule has 0 saturated heterocycles. The number of nitrogens with zero attached hydrogens (tertiary/aromatic N) is 1. The number of hydrogen-bond donors (Lipinski definition) is 2. The van der Waals surface area contributed by atoms with E-state index >= 15 is 0 Å². The Kier molecular flexibility index (Phi) is 4.70. The van der Waals surface area contributed by atoms with Gasteiger partial charge >= 0.3 is 0 Å². The summed E-state index contributed by atoms with van der Waals surface area (Å²) in [7, 11) is 0. The minimum absolute atomic E-state index is 0.173. The zero-order valence-electron chi connectivity index (χ0n) is 11.3. The fourth-order valence-electron chi connectivity index (χ4n) is 1.71. The van der Waals surface area contributed by atoms with Gasteiger partial charge in [0.25, 0.3) is 0 Å². The minimum atomic E-state index is -0.349. The van der Waals surface area contributed by atoms with Gasteiger partial charge in [-0.25, -0.2) is 4.39 Å². The lowest BCUT2D eigenvalue weighted by Gasteiger charge is -2.29. The van der Waals surface area contributed by atoms with Gasteiger partial charge in [0.1, 0.15) is 5.82 Å². The van der Waals surface area contributed by atoms with Gasteiger partial charge < -0.3 is 10.6 Å². The third-order valence-electron chi connectivity index (χ3n) is 3.31. The molecular formula is C14H22FN3. The molecule has 1 aromatic carbocycles. The molecule has 3 N–H and O–H groups in total. The van der Waals surface area contributed by atoms with Crippen LogP contribution in [0.3, 0.4) is 0 Å². The van der Waals surface area contributed by atoms with Gasteiger partial charge in [0.05, 0.1) is 11.5 Å². The lowest BCUT2D eigenvalue weighted by Crippen LogP contribution is -2.35. The first-order valence-electron chi connectivity index (χ1n) is 6.22. The average molecular weight is 251 g/mol. The predicted molar refractivity (Wildman–Crippen MR) is 74.6 cm³/mol. The molecule has 0 unspecified atom stereocenters. The highest BCUT2D eigenvalue weighted by Crippen LogP contribution is 2.24. The lowest BCUT2D eigenvalue weighted by atomic mass is 9.88. The molecule has 3 nitrogen and oxygen atoms in total. The van der Waals surface area contributed by atoms with E-state index in [1.54, 1.807) is 12.1 Å². The SMILES string of the molecule is CCN(CCC(C)(C)C(=N)N)c1ccccc1F.